The molecule has 0 saturated carbocycles. The molecule has 16 heavy (non-hydrogen) atoms. The first kappa shape index (κ1) is 10.8. The third kappa shape index (κ3) is 1.72. The highest BCUT2D eigenvalue weighted by Crippen LogP contribution is 2.26. The summed E-state index contributed by atoms with van der Waals surface area (Å²) in [6.45, 7) is 3.99. The topological polar surface area (TPSA) is 50.9 Å². The van der Waals surface area contributed by atoms with Gasteiger partial charge in [0, 0.05) is 7.05 Å². The maximum absolute atomic E-state index is 10.3. The fourth-order valence-corrected chi connectivity index (χ4v) is 1.95. The summed E-state index contributed by atoms with van der Waals surface area (Å²) in [6.07, 6.45) is 0.928. The van der Waals surface area contributed by atoms with Crippen LogP contribution in [0.15, 0.2) is 24.4 Å². The lowest BCUT2D eigenvalue weighted by atomic mass is 9.96. The molecule has 0 radical (unpaired) electrons. The van der Waals surface area contributed by atoms with Crippen molar-refractivity contribution in [1.82, 2.24) is 15.0 Å². The van der Waals surface area contributed by atoms with Gasteiger partial charge in [0.2, 0.25) is 0 Å². The van der Waals surface area contributed by atoms with E-state index in [0.717, 1.165) is 16.7 Å². The first-order valence-corrected chi connectivity index (χ1v) is 5.20. The van der Waals surface area contributed by atoms with Crippen molar-refractivity contribution >= 4 is 0 Å². The van der Waals surface area contributed by atoms with Crippen LogP contribution >= 0.6 is 0 Å². The fourth-order valence-electron chi connectivity index (χ4n) is 1.95. The molecule has 0 aliphatic heterocycles. The van der Waals surface area contributed by atoms with Gasteiger partial charge in [-0.15, -0.1) is 5.10 Å². The second kappa shape index (κ2) is 4.06. The number of aryl methyl sites for hydroxylation is 3. The second-order valence-corrected chi connectivity index (χ2v) is 3.99. The first-order chi connectivity index (χ1) is 7.61. The number of aliphatic hydroxyl groups is 1. The fraction of sp³-hybridized carbons (Fsp3) is 0.333. The van der Waals surface area contributed by atoms with Gasteiger partial charge in [-0.3, -0.25) is 0 Å². The number of nitrogens with zero attached hydrogens (tertiary/aromatic N) is 3. The lowest BCUT2D eigenvalue weighted by Crippen LogP contribution is -2.09. The molecule has 1 atom stereocenters. The zero-order valence-corrected chi connectivity index (χ0v) is 9.68. The quantitative estimate of drug-likeness (QED) is 0.829. The molecular formula is C12H15N3O. The lowest BCUT2D eigenvalue weighted by molar-refractivity contribution is 0.208. The molecule has 4 heteroatoms. The number of hydrogen-bond donors (Lipinski definition) is 1. The number of aliphatic hydroxyl groups excluding tert-OH is 1. The van der Waals surface area contributed by atoms with Gasteiger partial charge in [-0.05, 0) is 30.5 Å². The van der Waals surface area contributed by atoms with Crippen LogP contribution in [0.3, 0.4) is 0 Å². The summed E-state index contributed by atoms with van der Waals surface area (Å²) in [4.78, 5) is 0. The van der Waals surface area contributed by atoms with Crippen molar-refractivity contribution in [3.63, 3.8) is 0 Å². The van der Waals surface area contributed by atoms with Gasteiger partial charge in [-0.2, -0.15) is 0 Å². The zero-order chi connectivity index (χ0) is 11.7. The van der Waals surface area contributed by atoms with E-state index in [1.165, 1.54) is 0 Å². The molecule has 1 aromatic carbocycles. The highest BCUT2D eigenvalue weighted by molar-refractivity contribution is 5.38. The summed E-state index contributed by atoms with van der Waals surface area (Å²) in [5.74, 6) is 0. The molecule has 1 unspecified atom stereocenters. The van der Waals surface area contributed by atoms with Crippen LogP contribution in [0.2, 0.25) is 0 Å². The zero-order valence-electron chi connectivity index (χ0n) is 9.68. The van der Waals surface area contributed by atoms with Gasteiger partial charge in [-0.1, -0.05) is 23.4 Å². The van der Waals surface area contributed by atoms with Crippen molar-refractivity contribution in [2.45, 2.75) is 20.0 Å². The van der Waals surface area contributed by atoms with E-state index < -0.39 is 6.10 Å². The van der Waals surface area contributed by atoms with Gasteiger partial charge in [0.05, 0.1) is 11.9 Å². The van der Waals surface area contributed by atoms with Gasteiger partial charge in [-0.25, -0.2) is 4.68 Å². The van der Waals surface area contributed by atoms with E-state index in [2.05, 4.69) is 10.3 Å². The summed E-state index contributed by atoms with van der Waals surface area (Å²) in [7, 11) is 1.78. The molecule has 0 aliphatic carbocycles. The molecule has 1 aromatic heterocycles. The highest BCUT2D eigenvalue weighted by atomic mass is 16.3. The van der Waals surface area contributed by atoms with Crippen LogP contribution in [0.1, 0.15) is 28.5 Å². The van der Waals surface area contributed by atoms with Crippen molar-refractivity contribution in [2.24, 2.45) is 7.05 Å². The van der Waals surface area contributed by atoms with Crippen molar-refractivity contribution in [3.8, 4) is 0 Å². The molecule has 1 heterocycles. The Labute approximate surface area is 94.5 Å². The molecule has 1 N–H and O–H groups in total. The Morgan fingerprint density at radius 1 is 1.25 bits per heavy atom. The summed E-state index contributed by atoms with van der Waals surface area (Å²) in [6, 6.07) is 5.98. The first-order valence-electron chi connectivity index (χ1n) is 5.20. The summed E-state index contributed by atoms with van der Waals surface area (Å²) in [5, 5.41) is 17.9. The van der Waals surface area contributed by atoms with E-state index in [0.29, 0.717) is 5.69 Å². The van der Waals surface area contributed by atoms with E-state index in [1.807, 2.05) is 32.0 Å². The molecule has 0 spiro atoms. The standard InChI is InChI=1S/C12H15N3O/c1-8-5-4-6-9(2)11(8)12(16)10-7-13-14-15(10)3/h4-7,12,16H,1-3H3. The Bertz CT molecular complexity index is 484. The van der Waals surface area contributed by atoms with Gasteiger partial charge >= 0.3 is 0 Å². The molecule has 0 fully saturated rings. The van der Waals surface area contributed by atoms with Crippen LogP contribution in [0.4, 0.5) is 0 Å². The van der Waals surface area contributed by atoms with E-state index in [4.69, 9.17) is 0 Å². The van der Waals surface area contributed by atoms with Gasteiger partial charge in [0.1, 0.15) is 6.10 Å². The molecular weight excluding hydrogens is 202 g/mol. The number of benzene rings is 1. The normalized spacial score (nSPS) is 12.8. The number of rotatable bonds is 2. The van der Waals surface area contributed by atoms with Crippen LogP contribution in [-0.2, 0) is 7.05 Å². The van der Waals surface area contributed by atoms with Gasteiger partial charge in [0.15, 0.2) is 0 Å². The van der Waals surface area contributed by atoms with Gasteiger partial charge < -0.3 is 5.11 Å². The molecule has 4 nitrogen and oxygen atoms in total. The Morgan fingerprint density at radius 2 is 1.88 bits per heavy atom. The number of aromatic nitrogens is 3. The van der Waals surface area contributed by atoms with Crippen molar-refractivity contribution < 1.29 is 5.11 Å². The van der Waals surface area contributed by atoms with Crippen molar-refractivity contribution in [3.05, 3.63) is 46.8 Å². The Hall–Kier alpha value is -1.68. The average Bonchev–Trinajstić information content (AvgIpc) is 2.64. The summed E-state index contributed by atoms with van der Waals surface area (Å²) in [5.41, 5.74) is 3.80. The van der Waals surface area contributed by atoms with E-state index in [-0.39, 0.29) is 0 Å². The summed E-state index contributed by atoms with van der Waals surface area (Å²) < 4.78 is 1.59. The minimum atomic E-state index is -0.666. The van der Waals surface area contributed by atoms with Crippen LogP contribution < -0.4 is 0 Å². The van der Waals surface area contributed by atoms with E-state index in [9.17, 15) is 5.11 Å². The smallest absolute Gasteiger partial charge is 0.123 e. The minimum Gasteiger partial charge on any atom is -0.382 e. The highest BCUT2D eigenvalue weighted by Gasteiger charge is 2.18. The third-order valence-corrected chi connectivity index (χ3v) is 2.85. The Balaban J connectivity index is 2.49. The maximum Gasteiger partial charge on any atom is 0.123 e. The van der Waals surface area contributed by atoms with Crippen LogP contribution in [0.5, 0.6) is 0 Å². The van der Waals surface area contributed by atoms with Gasteiger partial charge in [0.25, 0.3) is 0 Å². The maximum atomic E-state index is 10.3. The minimum absolute atomic E-state index is 0.666. The Morgan fingerprint density at radius 3 is 2.38 bits per heavy atom. The summed E-state index contributed by atoms with van der Waals surface area (Å²) >= 11 is 0. The molecule has 2 rings (SSSR count). The van der Waals surface area contributed by atoms with Crippen LogP contribution in [0, 0.1) is 13.8 Å². The predicted molar refractivity (Wildman–Crippen MR) is 61.0 cm³/mol. The molecule has 0 aliphatic rings. The third-order valence-electron chi connectivity index (χ3n) is 2.85. The molecule has 2 aromatic rings. The largest absolute Gasteiger partial charge is 0.382 e. The van der Waals surface area contributed by atoms with Crippen molar-refractivity contribution in [2.75, 3.05) is 0 Å². The Kier molecular flexibility index (Phi) is 2.75. The molecule has 84 valence electrons. The molecule has 0 bridgehead atoms. The van der Waals surface area contributed by atoms with E-state index >= 15 is 0 Å². The molecule has 0 saturated heterocycles. The SMILES string of the molecule is Cc1cccc(C)c1C(O)c1cnnn1C. The van der Waals surface area contributed by atoms with Crippen molar-refractivity contribution in [1.29, 1.82) is 0 Å². The monoisotopic (exact) mass is 217 g/mol. The van der Waals surface area contributed by atoms with Crippen LogP contribution in [-0.4, -0.2) is 20.1 Å². The second-order valence-electron chi connectivity index (χ2n) is 3.99. The van der Waals surface area contributed by atoms with Crippen LogP contribution in [0.25, 0.3) is 0 Å². The predicted octanol–water partition coefficient (Wildman–Crippen LogP) is 1.51. The average molecular weight is 217 g/mol. The number of hydrogen-bond acceptors (Lipinski definition) is 3. The molecule has 0 amide bonds. The lowest BCUT2D eigenvalue weighted by Gasteiger charge is -2.16. The van der Waals surface area contributed by atoms with E-state index in [1.54, 1.807) is 17.9 Å².